The molecule has 1 unspecified atom stereocenters. The summed E-state index contributed by atoms with van der Waals surface area (Å²) in [6, 6.07) is 0. The summed E-state index contributed by atoms with van der Waals surface area (Å²) in [5.41, 5.74) is 0. The molecule has 5 nitrogen and oxygen atoms in total. The molecule has 0 spiro atoms. The van der Waals surface area contributed by atoms with Gasteiger partial charge < -0.3 is 5.32 Å². The van der Waals surface area contributed by atoms with Gasteiger partial charge in [0, 0.05) is 0 Å². The monoisotopic (exact) mass is 207 g/mol. The lowest BCUT2D eigenvalue weighted by Crippen LogP contribution is -2.35. The third-order valence-corrected chi connectivity index (χ3v) is 1.68. The molecule has 0 aromatic heterocycles. The van der Waals surface area contributed by atoms with Crippen LogP contribution in [0.2, 0.25) is 0 Å². The number of thiol groups is 1. The molecule has 0 aliphatic rings. The third kappa shape index (κ3) is 6.30. The maximum absolute atomic E-state index is 10.8. The fraction of sp³-hybridized carbons (Fsp3) is 0.571. The van der Waals surface area contributed by atoms with Crippen molar-refractivity contribution in [1.29, 1.82) is 0 Å². The van der Waals surface area contributed by atoms with Crippen molar-refractivity contribution in [3.8, 4) is 0 Å². The molecule has 13 heavy (non-hydrogen) atoms. The predicted molar refractivity (Wildman–Crippen MR) is 48.4 cm³/mol. The number of hydrogen-bond acceptors (Lipinski definition) is 4. The first-order chi connectivity index (χ1) is 6.10. The Morgan fingerprint density at radius 1 is 1.69 bits per heavy atom. The normalized spacial score (nSPS) is 12.5. The topological polar surface area (TPSA) is 72.5 Å². The number of amides is 1. The average Bonchev–Trinajstić information content (AvgIpc) is 2.03. The lowest BCUT2D eigenvalue weighted by molar-refractivity contribution is -0.118. The Morgan fingerprint density at radius 2 is 2.31 bits per heavy atom. The van der Waals surface area contributed by atoms with E-state index in [9.17, 15) is 13.2 Å². The van der Waals surface area contributed by atoms with Gasteiger partial charge in [0.1, 0.15) is 6.23 Å². The van der Waals surface area contributed by atoms with E-state index in [0.29, 0.717) is 12.8 Å². The molecule has 6 heteroatoms. The Labute approximate surface area is 78.9 Å². The van der Waals surface area contributed by atoms with E-state index in [2.05, 4.69) is 16.1 Å². The lowest BCUT2D eigenvalue weighted by Gasteiger charge is -2.13. The van der Waals surface area contributed by atoms with Crippen LogP contribution in [0.4, 0.5) is 0 Å². The van der Waals surface area contributed by atoms with Gasteiger partial charge in [-0.25, -0.2) is 12.6 Å². The third-order valence-electron chi connectivity index (χ3n) is 1.25. The molecule has 1 N–H and O–H groups in total. The summed E-state index contributed by atoms with van der Waals surface area (Å²) in [6.45, 7) is 5.09. The van der Waals surface area contributed by atoms with Crippen molar-refractivity contribution >= 4 is 16.9 Å². The average molecular weight is 207 g/mol. The van der Waals surface area contributed by atoms with Crippen molar-refractivity contribution < 1.29 is 17.4 Å². The lowest BCUT2D eigenvalue weighted by atomic mass is 10.3. The van der Waals surface area contributed by atoms with E-state index < -0.39 is 23.1 Å². The zero-order valence-corrected chi connectivity index (χ0v) is 8.25. The van der Waals surface area contributed by atoms with Crippen LogP contribution in [-0.2, 0) is 20.0 Å². The van der Waals surface area contributed by atoms with Crippen molar-refractivity contribution in [2.24, 2.45) is 0 Å². The molecule has 0 heterocycles. The number of rotatable bonds is 6. The fourth-order valence-electron chi connectivity index (χ4n) is 0.735. The number of hydrogen-bond donors (Lipinski definition) is 2. The summed E-state index contributed by atoms with van der Waals surface area (Å²) in [5, 5.41) is 2.34. The quantitative estimate of drug-likeness (QED) is 0.364. The molecule has 76 valence electrons. The van der Waals surface area contributed by atoms with E-state index in [1.54, 1.807) is 0 Å². The Bertz CT molecular complexity index is 241. The van der Waals surface area contributed by atoms with Gasteiger partial charge in [0.2, 0.25) is 5.91 Å². The number of carbonyl (C=O) groups is 1. The maximum Gasteiger partial charge on any atom is 0.259 e. The second-order valence-electron chi connectivity index (χ2n) is 2.32. The molecule has 0 fully saturated rings. The van der Waals surface area contributed by atoms with Gasteiger partial charge in [0.05, 0.1) is 0 Å². The van der Waals surface area contributed by atoms with Gasteiger partial charge in [-0.1, -0.05) is 19.9 Å². The summed E-state index contributed by atoms with van der Waals surface area (Å²) in [5.74, 6) is -0.449. The van der Waals surface area contributed by atoms with Crippen LogP contribution in [-0.4, -0.2) is 20.6 Å². The summed E-state index contributed by atoms with van der Waals surface area (Å²) < 4.78 is 24.8. The van der Waals surface area contributed by atoms with E-state index in [0.717, 1.165) is 6.08 Å². The van der Waals surface area contributed by atoms with Gasteiger partial charge in [0.15, 0.2) is 0 Å². The predicted octanol–water partition coefficient (Wildman–Crippen LogP) is -0.0422. The van der Waals surface area contributed by atoms with Crippen molar-refractivity contribution in [3.05, 3.63) is 12.7 Å². The maximum atomic E-state index is 10.8. The molecule has 0 aliphatic heterocycles. The van der Waals surface area contributed by atoms with Crippen LogP contribution in [0.15, 0.2) is 12.7 Å². The molecule has 0 aliphatic carbocycles. The van der Waals surface area contributed by atoms with Gasteiger partial charge in [-0.3, -0.25) is 4.79 Å². The molecule has 1 atom stereocenters. The first-order valence-electron chi connectivity index (χ1n) is 3.84. The Kier molecular flexibility index (Phi) is 6.17. The molecule has 0 saturated heterocycles. The second-order valence-corrected chi connectivity index (χ2v) is 2.98. The largest absolute Gasteiger partial charge is 0.326 e. The zero-order chi connectivity index (χ0) is 10.3. The summed E-state index contributed by atoms with van der Waals surface area (Å²) in [7, 11) is -2.94. The van der Waals surface area contributed by atoms with Crippen molar-refractivity contribution in [2.45, 2.75) is 26.0 Å². The minimum Gasteiger partial charge on any atom is -0.326 e. The SMILES string of the molecule is C=CC(=O)NC(CCC)O[SH](=O)=O. The van der Waals surface area contributed by atoms with Crippen LogP contribution < -0.4 is 5.32 Å². The van der Waals surface area contributed by atoms with Gasteiger partial charge >= 0.3 is 0 Å². The molecule has 0 bridgehead atoms. The first kappa shape index (κ1) is 12.1. The van der Waals surface area contributed by atoms with E-state index in [1.165, 1.54) is 0 Å². The van der Waals surface area contributed by atoms with E-state index in [-0.39, 0.29) is 0 Å². The standard InChI is InChI=1S/C7H13NO4S/c1-3-5-7(12-13(10)11)8-6(9)4-2/h4,7,13H,2-3,5H2,1H3,(H,8,9). The van der Waals surface area contributed by atoms with Crippen LogP contribution in [0.1, 0.15) is 19.8 Å². The van der Waals surface area contributed by atoms with Gasteiger partial charge in [-0.2, -0.15) is 0 Å². The highest BCUT2D eigenvalue weighted by Crippen LogP contribution is 1.98. The highest BCUT2D eigenvalue weighted by Gasteiger charge is 2.10. The molecule has 0 rings (SSSR count). The van der Waals surface area contributed by atoms with Crippen LogP contribution in [0.5, 0.6) is 0 Å². The fourth-order valence-corrected chi connectivity index (χ4v) is 1.10. The first-order valence-corrected chi connectivity index (χ1v) is 4.93. The Hall–Kier alpha value is -0.880. The van der Waals surface area contributed by atoms with Crippen molar-refractivity contribution in [1.82, 2.24) is 5.32 Å². The zero-order valence-electron chi connectivity index (χ0n) is 7.36. The van der Waals surface area contributed by atoms with Gasteiger partial charge in [0.25, 0.3) is 11.0 Å². The molecule has 0 saturated carbocycles. The highest BCUT2D eigenvalue weighted by atomic mass is 32.2. The van der Waals surface area contributed by atoms with E-state index in [4.69, 9.17) is 0 Å². The molecular formula is C7H13NO4S. The van der Waals surface area contributed by atoms with Gasteiger partial charge in [-0.15, -0.1) is 0 Å². The van der Waals surface area contributed by atoms with Crippen molar-refractivity contribution in [3.63, 3.8) is 0 Å². The van der Waals surface area contributed by atoms with Crippen LogP contribution in [0.3, 0.4) is 0 Å². The summed E-state index contributed by atoms with van der Waals surface area (Å²) in [6.07, 6.45) is 1.44. The van der Waals surface area contributed by atoms with Crippen LogP contribution in [0, 0.1) is 0 Å². The molecule has 0 radical (unpaired) electrons. The van der Waals surface area contributed by atoms with Crippen LogP contribution >= 0.6 is 0 Å². The second kappa shape index (κ2) is 6.62. The number of carbonyl (C=O) groups excluding carboxylic acids is 1. The minimum absolute atomic E-state index is 0.447. The van der Waals surface area contributed by atoms with E-state index in [1.807, 2.05) is 6.92 Å². The van der Waals surface area contributed by atoms with Crippen molar-refractivity contribution in [2.75, 3.05) is 0 Å². The minimum atomic E-state index is -2.94. The molecule has 1 amide bonds. The molecule has 0 aromatic rings. The summed E-state index contributed by atoms with van der Waals surface area (Å²) in [4.78, 5) is 10.8. The Morgan fingerprint density at radius 3 is 2.69 bits per heavy atom. The van der Waals surface area contributed by atoms with E-state index >= 15 is 0 Å². The molecular weight excluding hydrogens is 194 g/mol. The van der Waals surface area contributed by atoms with Gasteiger partial charge in [-0.05, 0) is 12.5 Å². The van der Waals surface area contributed by atoms with Crippen LogP contribution in [0.25, 0.3) is 0 Å². The highest BCUT2D eigenvalue weighted by molar-refractivity contribution is 7.67. The smallest absolute Gasteiger partial charge is 0.259 e. The molecule has 0 aromatic carbocycles. The number of nitrogens with one attached hydrogen (secondary N) is 1. The summed E-state index contributed by atoms with van der Waals surface area (Å²) >= 11 is 0. The Balaban J connectivity index is 4.07.